The zero-order chi connectivity index (χ0) is 15.6. The highest BCUT2D eigenvalue weighted by molar-refractivity contribution is 9.10. The number of ether oxygens (including phenoxy) is 1. The first-order valence-corrected chi connectivity index (χ1v) is 7.78. The quantitative estimate of drug-likeness (QED) is 0.421. The molecule has 0 aliphatic rings. The number of nitro benzene ring substituents is 1. The average molecular weight is 391 g/mol. The number of benzene rings is 1. The SMILES string of the molecule is CC(Oc1cccc([N+](=O)[O-])c1Br)C(=O)c1ccc(Cl)s1. The summed E-state index contributed by atoms with van der Waals surface area (Å²) >= 11 is 10.1. The summed E-state index contributed by atoms with van der Waals surface area (Å²) in [5.74, 6) is 0.0120. The molecule has 5 nitrogen and oxygen atoms in total. The number of Topliss-reactive ketones (excluding diaryl/α,β-unsaturated/α-hetero) is 1. The number of nitro groups is 1. The van der Waals surface area contributed by atoms with Gasteiger partial charge in [-0.2, -0.15) is 0 Å². The van der Waals surface area contributed by atoms with Gasteiger partial charge < -0.3 is 4.74 Å². The molecule has 0 N–H and O–H groups in total. The molecule has 1 unspecified atom stereocenters. The lowest BCUT2D eigenvalue weighted by Gasteiger charge is -2.14. The fourth-order valence-corrected chi connectivity index (χ4v) is 3.19. The summed E-state index contributed by atoms with van der Waals surface area (Å²) in [6.07, 6.45) is -0.780. The number of carbonyl (C=O) groups excluding carboxylic acids is 1. The summed E-state index contributed by atoms with van der Waals surface area (Å²) in [5.41, 5.74) is -0.119. The van der Waals surface area contributed by atoms with Gasteiger partial charge in [-0.05, 0) is 41.1 Å². The number of hydrogen-bond donors (Lipinski definition) is 0. The second kappa shape index (κ2) is 6.55. The predicted octanol–water partition coefficient (Wildman–Crippen LogP) is 4.72. The number of hydrogen-bond acceptors (Lipinski definition) is 5. The zero-order valence-electron chi connectivity index (χ0n) is 10.7. The minimum atomic E-state index is -0.780. The first-order chi connectivity index (χ1) is 9.90. The van der Waals surface area contributed by atoms with Crippen molar-refractivity contribution in [1.82, 2.24) is 0 Å². The average Bonchev–Trinajstić information content (AvgIpc) is 2.86. The molecule has 0 saturated carbocycles. The van der Waals surface area contributed by atoms with Crippen LogP contribution in [-0.4, -0.2) is 16.8 Å². The summed E-state index contributed by atoms with van der Waals surface area (Å²) in [4.78, 5) is 23.0. The van der Waals surface area contributed by atoms with Crippen molar-refractivity contribution in [1.29, 1.82) is 0 Å². The molecule has 0 amide bonds. The molecule has 0 aliphatic heterocycles. The van der Waals surface area contributed by atoms with E-state index in [1.807, 2.05) is 0 Å². The predicted molar refractivity (Wildman–Crippen MR) is 84.5 cm³/mol. The topological polar surface area (TPSA) is 69.4 Å². The van der Waals surface area contributed by atoms with E-state index >= 15 is 0 Å². The van der Waals surface area contributed by atoms with Gasteiger partial charge in [-0.15, -0.1) is 11.3 Å². The minimum absolute atomic E-state index is 0.119. The van der Waals surface area contributed by atoms with Gasteiger partial charge in [0.2, 0.25) is 5.78 Å². The van der Waals surface area contributed by atoms with Crippen molar-refractivity contribution in [2.24, 2.45) is 0 Å². The molecule has 0 fully saturated rings. The Kier molecular flexibility index (Phi) is 4.97. The zero-order valence-corrected chi connectivity index (χ0v) is 13.9. The first kappa shape index (κ1) is 15.9. The number of halogens is 2. The van der Waals surface area contributed by atoms with E-state index in [1.54, 1.807) is 25.1 Å². The van der Waals surface area contributed by atoms with Crippen LogP contribution in [-0.2, 0) is 0 Å². The van der Waals surface area contributed by atoms with Gasteiger partial charge in [0.1, 0.15) is 10.2 Å². The van der Waals surface area contributed by atoms with Crippen molar-refractivity contribution in [2.75, 3.05) is 0 Å². The maximum Gasteiger partial charge on any atom is 0.287 e. The maximum absolute atomic E-state index is 12.2. The van der Waals surface area contributed by atoms with Crippen LogP contribution in [0.4, 0.5) is 5.69 Å². The summed E-state index contributed by atoms with van der Waals surface area (Å²) in [6, 6.07) is 7.66. The van der Waals surface area contributed by atoms with E-state index in [2.05, 4.69) is 15.9 Å². The van der Waals surface area contributed by atoms with Crippen LogP contribution in [0.25, 0.3) is 0 Å². The monoisotopic (exact) mass is 389 g/mol. The van der Waals surface area contributed by atoms with E-state index in [4.69, 9.17) is 16.3 Å². The molecular weight excluding hydrogens is 382 g/mol. The Bertz CT molecular complexity index is 703. The molecule has 1 atom stereocenters. The van der Waals surface area contributed by atoms with E-state index in [-0.39, 0.29) is 21.7 Å². The van der Waals surface area contributed by atoms with Crippen molar-refractivity contribution in [3.05, 3.63) is 54.1 Å². The van der Waals surface area contributed by atoms with Crippen LogP contribution in [0, 0.1) is 10.1 Å². The Hall–Kier alpha value is -1.44. The van der Waals surface area contributed by atoms with Crippen LogP contribution in [0.3, 0.4) is 0 Å². The van der Waals surface area contributed by atoms with Crippen LogP contribution in [0.5, 0.6) is 5.75 Å². The second-order valence-corrected chi connectivity index (χ2v) is 6.58. The minimum Gasteiger partial charge on any atom is -0.481 e. The fourth-order valence-electron chi connectivity index (χ4n) is 1.62. The number of ketones is 1. The van der Waals surface area contributed by atoms with Crippen LogP contribution in [0.2, 0.25) is 4.34 Å². The normalized spacial score (nSPS) is 12.0. The molecule has 21 heavy (non-hydrogen) atoms. The van der Waals surface area contributed by atoms with Crippen molar-refractivity contribution < 1.29 is 14.5 Å². The third kappa shape index (κ3) is 3.61. The summed E-state index contributed by atoms with van der Waals surface area (Å²) < 4.78 is 6.25. The van der Waals surface area contributed by atoms with E-state index < -0.39 is 11.0 Å². The lowest BCUT2D eigenvalue weighted by molar-refractivity contribution is -0.385. The lowest BCUT2D eigenvalue weighted by Crippen LogP contribution is -2.23. The molecular formula is C13H9BrClNO4S. The van der Waals surface area contributed by atoms with Crippen LogP contribution < -0.4 is 4.74 Å². The standard InChI is InChI=1S/C13H9BrClNO4S/c1-7(13(17)10-5-6-11(15)21-10)20-9-4-2-3-8(12(9)14)16(18)19/h2-7H,1H3. The maximum atomic E-state index is 12.2. The molecule has 1 aromatic carbocycles. The van der Waals surface area contributed by atoms with Crippen molar-refractivity contribution in [3.63, 3.8) is 0 Å². The molecule has 0 bridgehead atoms. The Morgan fingerprint density at radius 1 is 1.43 bits per heavy atom. The highest BCUT2D eigenvalue weighted by Gasteiger charge is 2.22. The Morgan fingerprint density at radius 2 is 2.14 bits per heavy atom. The summed E-state index contributed by atoms with van der Waals surface area (Å²) in [5, 5.41) is 10.9. The smallest absolute Gasteiger partial charge is 0.287 e. The first-order valence-electron chi connectivity index (χ1n) is 5.79. The van der Waals surface area contributed by atoms with Gasteiger partial charge >= 0.3 is 0 Å². The number of carbonyl (C=O) groups is 1. The molecule has 110 valence electrons. The fraction of sp³-hybridized carbons (Fsp3) is 0.154. The third-order valence-electron chi connectivity index (χ3n) is 2.63. The number of nitrogens with zero attached hydrogens (tertiary/aromatic N) is 1. The third-order valence-corrected chi connectivity index (χ3v) is 4.67. The molecule has 2 aromatic rings. The van der Waals surface area contributed by atoms with Crippen molar-refractivity contribution in [2.45, 2.75) is 13.0 Å². The van der Waals surface area contributed by atoms with Gasteiger partial charge in [-0.3, -0.25) is 14.9 Å². The van der Waals surface area contributed by atoms with E-state index in [0.717, 1.165) is 11.3 Å². The molecule has 0 radical (unpaired) electrons. The van der Waals surface area contributed by atoms with Crippen LogP contribution in [0.15, 0.2) is 34.8 Å². The van der Waals surface area contributed by atoms with Gasteiger partial charge in [0.05, 0.1) is 14.1 Å². The van der Waals surface area contributed by atoms with Crippen LogP contribution in [0.1, 0.15) is 16.6 Å². The van der Waals surface area contributed by atoms with E-state index in [9.17, 15) is 14.9 Å². The van der Waals surface area contributed by atoms with E-state index in [0.29, 0.717) is 9.21 Å². The van der Waals surface area contributed by atoms with Crippen molar-refractivity contribution >= 4 is 50.3 Å². The molecule has 2 rings (SSSR count). The van der Waals surface area contributed by atoms with Gasteiger partial charge in [0, 0.05) is 6.07 Å². The number of thiophene rings is 1. The van der Waals surface area contributed by atoms with E-state index in [1.165, 1.54) is 12.1 Å². The lowest BCUT2D eigenvalue weighted by atomic mass is 10.2. The Morgan fingerprint density at radius 3 is 2.71 bits per heavy atom. The van der Waals surface area contributed by atoms with Gasteiger partial charge in [-0.1, -0.05) is 17.7 Å². The van der Waals surface area contributed by atoms with Gasteiger partial charge in [-0.25, -0.2) is 0 Å². The number of rotatable bonds is 5. The Labute approximate surface area is 137 Å². The molecule has 8 heteroatoms. The second-order valence-electron chi connectivity index (χ2n) is 4.07. The highest BCUT2D eigenvalue weighted by atomic mass is 79.9. The molecule has 0 spiro atoms. The summed E-state index contributed by atoms with van der Waals surface area (Å²) in [6.45, 7) is 1.58. The van der Waals surface area contributed by atoms with Gasteiger partial charge in [0.15, 0.2) is 6.10 Å². The molecule has 1 heterocycles. The highest BCUT2D eigenvalue weighted by Crippen LogP contribution is 2.34. The summed E-state index contributed by atoms with van der Waals surface area (Å²) in [7, 11) is 0. The molecule has 0 aliphatic carbocycles. The van der Waals surface area contributed by atoms with Gasteiger partial charge in [0.25, 0.3) is 5.69 Å². The van der Waals surface area contributed by atoms with Crippen LogP contribution >= 0.6 is 38.9 Å². The Balaban J connectivity index is 2.20. The molecule has 1 aromatic heterocycles. The largest absolute Gasteiger partial charge is 0.481 e. The molecule has 0 saturated heterocycles. The van der Waals surface area contributed by atoms with Crippen molar-refractivity contribution in [3.8, 4) is 5.75 Å².